The Morgan fingerprint density at radius 3 is 2.67 bits per heavy atom. The Kier molecular flexibility index (Phi) is 5.05. The minimum atomic E-state index is -3.69. The molecule has 0 spiro atoms. The summed E-state index contributed by atoms with van der Waals surface area (Å²) in [6.07, 6.45) is 1.55. The fourth-order valence-electron chi connectivity index (χ4n) is 3.08. The lowest BCUT2D eigenvalue weighted by Crippen LogP contribution is -2.44. The van der Waals surface area contributed by atoms with Crippen LogP contribution in [0.25, 0.3) is 0 Å². The number of benzene rings is 1. The van der Waals surface area contributed by atoms with E-state index in [1.165, 1.54) is 23.1 Å². The average molecular weight is 369 g/mol. The second kappa shape index (κ2) is 6.92. The highest BCUT2D eigenvalue weighted by atomic mass is 32.2. The van der Waals surface area contributed by atoms with Crippen molar-refractivity contribution in [3.8, 4) is 0 Å². The number of rotatable bonds is 5. The van der Waals surface area contributed by atoms with E-state index in [4.69, 9.17) is 4.74 Å². The van der Waals surface area contributed by atoms with Crippen molar-refractivity contribution in [2.75, 3.05) is 19.8 Å². The van der Waals surface area contributed by atoms with E-state index < -0.39 is 15.8 Å². The second-order valence-corrected chi connectivity index (χ2v) is 8.79. The molecule has 1 aliphatic rings. The smallest absolute Gasteiger partial charge is 0.240 e. The quantitative estimate of drug-likeness (QED) is 0.880. The Morgan fingerprint density at radius 1 is 1.29 bits per heavy atom. The molecule has 7 heteroatoms. The van der Waals surface area contributed by atoms with Gasteiger partial charge in [-0.05, 0) is 55.0 Å². The van der Waals surface area contributed by atoms with E-state index in [2.05, 4.69) is 4.72 Å². The van der Waals surface area contributed by atoms with E-state index >= 15 is 0 Å². The van der Waals surface area contributed by atoms with E-state index in [0.717, 1.165) is 12.8 Å². The average Bonchev–Trinajstić information content (AvgIpc) is 3.09. The second-order valence-electron chi connectivity index (χ2n) is 6.10. The number of ether oxygens (including phenoxy) is 1. The number of sulfonamides is 1. The maximum Gasteiger partial charge on any atom is 0.240 e. The standard InChI is InChI=1S/C17H20FNO3S2/c1-13-11-14(18)4-5-15(13)24(20,21)19-12-17(6-8-22-9-7-17)16-3-2-10-23-16/h2-5,10-11,19H,6-9,12H2,1H3. The number of hydrogen-bond donors (Lipinski definition) is 1. The molecule has 2 heterocycles. The molecule has 1 aromatic heterocycles. The lowest BCUT2D eigenvalue weighted by atomic mass is 9.79. The summed E-state index contributed by atoms with van der Waals surface area (Å²) in [5.41, 5.74) is 0.160. The van der Waals surface area contributed by atoms with E-state index in [-0.39, 0.29) is 10.3 Å². The molecule has 2 aromatic rings. The largest absolute Gasteiger partial charge is 0.381 e. The number of halogens is 1. The fraction of sp³-hybridized carbons (Fsp3) is 0.412. The molecule has 0 amide bonds. The van der Waals surface area contributed by atoms with Gasteiger partial charge in [0.2, 0.25) is 10.0 Å². The molecule has 1 N–H and O–H groups in total. The molecule has 0 saturated carbocycles. The van der Waals surface area contributed by atoms with Gasteiger partial charge in [-0.25, -0.2) is 17.5 Å². The molecule has 0 aliphatic carbocycles. The highest BCUT2D eigenvalue weighted by Crippen LogP contribution is 2.37. The molecule has 0 atom stereocenters. The van der Waals surface area contributed by atoms with Gasteiger partial charge in [-0.3, -0.25) is 0 Å². The van der Waals surface area contributed by atoms with Crippen LogP contribution in [0.2, 0.25) is 0 Å². The summed E-state index contributed by atoms with van der Waals surface area (Å²) >= 11 is 1.64. The van der Waals surface area contributed by atoms with Gasteiger partial charge < -0.3 is 4.74 Å². The summed E-state index contributed by atoms with van der Waals surface area (Å²) in [7, 11) is -3.69. The highest BCUT2D eigenvalue weighted by Gasteiger charge is 2.36. The maximum absolute atomic E-state index is 13.2. The first-order chi connectivity index (χ1) is 11.4. The Balaban J connectivity index is 1.84. The van der Waals surface area contributed by atoms with Gasteiger partial charge in [-0.2, -0.15) is 0 Å². The zero-order valence-electron chi connectivity index (χ0n) is 13.4. The topological polar surface area (TPSA) is 55.4 Å². The zero-order valence-corrected chi connectivity index (χ0v) is 15.1. The number of hydrogen-bond acceptors (Lipinski definition) is 4. The number of thiophene rings is 1. The Morgan fingerprint density at radius 2 is 2.04 bits per heavy atom. The molecular formula is C17H20FNO3S2. The van der Waals surface area contributed by atoms with Crippen molar-refractivity contribution in [2.24, 2.45) is 0 Å². The van der Waals surface area contributed by atoms with Crippen LogP contribution in [-0.4, -0.2) is 28.2 Å². The van der Waals surface area contributed by atoms with E-state index in [1.807, 2.05) is 17.5 Å². The van der Waals surface area contributed by atoms with Crippen molar-refractivity contribution in [2.45, 2.75) is 30.1 Å². The van der Waals surface area contributed by atoms with Crippen molar-refractivity contribution in [3.05, 3.63) is 52.0 Å². The molecular weight excluding hydrogens is 349 g/mol. The van der Waals surface area contributed by atoms with Gasteiger partial charge >= 0.3 is 0 Å². The predicted octanol–water partition coefficient (Wildman–Crippen LogP) is 3.22. The van der Waals surface area contributed by atoms with Gasteiger partial charge in [0.25, 0.3) is 0 Å². The van der Waals surface area contributed by atoms with Crippen LogP contribution in [0.5, 0.6) is 0 Å². The van der Waals surface area contributed by atoms with Crippen molar-refractivity contribution in [1.29, 1.82) is 0 Å². The lowest BCUT2D eigenvalue weighted by Gasteiger charge is -2.36. The van der Waals surface area contributed by atoms with Crippen molar-refractivity contribution in [3.63, 3.8) is 0 Å². The summed E-state index contributed by atoms with van der Waals surface area (Å²) in [5.74, 6) is -0.439. The SMILES string of the molecule is Cc1cc(F)ccc1S(=O)(=O)NCC1(c2cccs2)CCOCC1. The van der Waals surface area contributed by atoms with Crippen LogP contribution in [-0.2, 0) is 20.2 Å². The number of aryl methyl sites for hydroxylation is 1. The third kappa shape index (κ3) is 3.54. The van der Waals surface area contributed by atoms with Crippen LogP contribution in [0.4, 0.5) is 4.39 Å². The predicted molar refractivity (Wildman–Crippen MR) is 92.4 cm³/mol. The van der Waals surface area contributed by atoms with Crippen LogP contribution in [0, 0.1) is 12.7 Å². The molecule has 3 rings (SSSR count). The molecule has 1 aliphatic heterocycles. The first-order valence-electron chi connectivity index (χ1n) is 7.81. The lowest BCUT2D eigenvalue weighted by molar-refractivity contribution is 0.0529. The highest BCUT2D eigenvalue weighted by molar-refractivity contribution is 7.89. The molecule has 24 heavy (non-hydrogen) atoms. The van der Waals surface area contributed by atoms with Crippen LogP contribution in [0.3, 0.4) is 0 Å². The summed E-state index contributed by atoms with van der Waals surface area (Å²) in [4.78, 5) is 1.29. The van der Waals surface area contributed by atoms with E-state index in [0.29, 0.717) is 25.3 Å². The molecule has 0 bridgehead atoms. The van der Waals surface area contributed by atoms with Crippen molar-refractivity contribution in [1.82, 2.24) is 4.72 Å². The molecule has 1 saturated heterocycles. The van der Waals surface area contributed by atoms with Crippen LogP contribution >= 0.6 is 11.3 Å². The summed E-state index contributed by atoms with van der Waals surface area (Å²) in [6.45, 7) is 3.15. The molecule has 0 unspecified atom stereocenters. The molecule has 0 radical (unpaired) electrons. The summed E-state index contributed by atoms with van der Waals surface area (Å²) in [6, 6.07) is 7.75. The van der Waals surface area contributed by atoms with Crippen molar-refractivity contribution < 1.29 is 17.5 Å². The molecule has 130 valence electrons. The first kappa shape index (κ1) is 17.5. The Labute approximate surface area is 145 Å². The number of nitrogens with one attached hydrogen (secondary N) is 1. The maximum atomic E-state index is 13.2. The van der Waals surface area contributed by atoms with Gasteiger partial charge in [-0.15, -0.1) is 11.3 Å². The van der Waals surface area contributed by atoms with Gasteiger partial charge in [0.1, 0.15) is 5.82 Å². The third-order valence-electron chi connectivity index (χ3n) is 4.52. The molecule has 4 nitrogen and oxygen atoms in total. The normalized spacial score (nSPS) is 17.8. The Bertz CT molecular complexity index is 797. The van der Waals surface area contributed by atoms with Gasteiger partial charge in [0.15, 0.2) is 0 Å². The van der Waals surface area contributed by atoms with Crippen LogP contribution < -0.4 is 4.72 Å². The van der Waals surface area contributed by atoms with Gasteiger partial charge in [-0.1, -0.05) is 6.07 Å². The molecule has 1 fully saturated rings. The fourth-order valence-corrected chi connectivity index (χ4v) is 5.42. The molecule has 1 aromatic carbocycles. The minimum absolute atomic E-state index is 0.122. The Hall–Kier alpha value is -1.28. The van der Waals surface area contributed by atoms with Crippen molar-refractivity contribution >= 4 is 21.4 Å². The van der Waals surface area contributed by atoms with Crippen LogP contribution in [0.1, 0.15) is 23.3 Å². The van der Waals surface area contributed by atoms with Gasteiger partial charge in [0, 0.05) is 30.1 Å². The first-order valence-corrected chi connectivity index (χ1v) is 10.2. The van der Waals surface area contributed by atoms with E-state index in [1.54, 1.807) is 18.3 Å². The summed E-state index contributed by atoms with van der Waals surface area (Å²) < 4.78 is 46.7. The zero-order chi connectivity index (χ0) is 17.2. The summed E-state index contributed by atoms with van der Waals surface area (Å²) in [5, 5.41) is 2.01. The monoisotopic (exact) mass is 369 g/mol. The van der Waals surface area contributed by atoms with Gasteiger partial charge in [0.05, 0.1) is 4.90 Å². The van der Waals surface area contributed by atoms with Crippen LogP contribution in [0.15, 0.2) is 40.6 Å². The third-order valence-corrected chi connectivity index (χ3v) is 7.20. The minimum Gasteiger partial charge on any atom is -0.381 e. The van der Waals surface area contributed by atoms with E-state index in [9.17, 15) is 12.8 Å².